The van der Waals surface area contributed by atoms with E-state index in [9.17, 15) is 9.59 Å². The zero-order valence-corrected chi connectivity index (χ0v) is 12.6. The lowest BCUT2D eigenvalue weighted by molar-refractivity contribution is -0.130. The first-order valence-corrected chi connectivity index (χ1v) is 7.30. The fourth-order valence-electron chi connectivity index (χ4n) is 2.13. The molecule has 0 bridgehead atoms. The van der Waals surface area contributed by atoms with Gasteiger partial charge in [0.15, 0.2) is 0 Å². The highest BCUT2D eigenvalue weighted by molar-refractivity contribution is 6.32. The normalized spacial score (nSPS) is 18.4. The lowest BCUT2D eigenvalue weighted by atomic mass is 10.1. The first-order chi connectivity index (χ1) is 10.1. The van der Waals surface area contributed by atoms with E-state index < -0.39 is 6.04 Å². The largest absolute Gasteiger partial charge is 0.377 e. The van der Waals surface area contributed by atoms with Crippen molar-refractivity contribution in [2.45, 2.75) is 19.4 Å². The monoisotopic (exact) mass is 311 g/mol. The average Bonchev–Trinajstić information content (AvgIpc) is 2.52. The van der Waals surface area contributed by atoms with Crippen LogP contribution in [0.2, 0.25) is 5.15 Å². The molecular weight excluding hydrogens is 294 g/mol. The second-order valence-corrected chi connectivity index (χ2v) is 5.08. The molecule has 21 heavy (non-hydrogen) atoms. The Labute approximate surface area is 128 Å². The molecule has 1 fully saturated rings. The maximum absolute atomic E-state index is 12.6. The van der Waals surface area contributed by atoms with Gasteiger partial charge in [-0.25, -0.2) is 4.98 Å². The number of morpholine rings is 1. The van der Waals surface area contributed by atoms with Gasteiger partial charge in [0, 0.05) is 19.3 Å². The summed E-state index contributed by atoms with van der Waals surface area (Å²) in [5.74, 6) is -0.502. The number of nitrogens with zero attached hydrogens (tertiary/aromatic N) is 2. The summed E-state index contributed by atoms with van der Waals surface area (Å²) in [5, 5.41) is 2.93. The third-order valence-electron chi connectivity index (χ3n) is 3.23. The van der Waals surface area contributed by atoms with E-state index in [2.05, 4.69) is 10.3 Å². The van der Waals surface area contributed by atoms with Gasteiger partial charge in [-0.1, -0.05) is 18.5 Å². The Morgan fingerprint density at radius 2 is 2.38 bits per heavy atom. The SMILES string of the molecule is CCCNC(=O)C1COCCN1C(=O)c1cccnc1Cl. The molecule has 1 aromatic rings. The van der Waals surface area contributed by atoms with Crippen LogP contribution in [0.15, 0.2) is 18.3 Å². The van der Waals surface area contributed by atoms with Gasteiger partial charge in [0.25, 0.3) is 5.91 Å². The molecule has 1 atom stereocenters. The summed E-state index contributed by atoms with van der Waals surface area (Å²) in [6.07, 6.45) is 2.35. The molecule has 1 aliphatic heterocycles. The summed E-state index contributed by atoms with van der Waals surface area (Å²) in [4.78, 5) is 30.1. The molecule has 1 saturated heterocycles. The number of amides is 2. The highest BCUT2D eigenvalue weighted by Crippen LogP contribution is 2.18. The Morgan fingerprint density at radius 1 is 1.57 bits per heavy atom. The maximum Gasteiger partial charge on any atom is 0.257 e. The fraction of sp³-hybridized carbons (Fsp3) is 0.500. The van der Waals surface area contributed by atoms with Crippen LogP contribution in [-0.4, -0.2) is 54.0 Å². The van der Waals surface area contributed by atoms with Crippen molar-refractivity contribution in [3.05, 3.63) is 29.0 Å². The number of ether oxygens (including phenoxy) is 1. The minimum absolute atomic E-state index is 0.140. The lowest BCUT2D eigenvalue weighted by Crippen LogP contribution is -2.56. The van der Waals surface area contributed by atoms with Crippen molar-refractivity contribution < 1.29 is 14.3 Å². The van der Waals surface area contributed by atoms with Crippen LogP contribution in [0.4, 0.5) is 0 Å². The molecule has 0 radical (unpaired) electrons. The van der Waals surface area contributed by atoms with Crippen molar-refractivity contribution in [2.75, 3.05) is 26.3 Å². The Balaban J connectivity index is 2.16. The molecule has 7 heteroatoms. The van der Waals surface area contributed by atoms with Crippen molar-refractivity contribution in [3.8, 4) is 0 Å². The number of carbonyl (C=O) groups is 2. The standard InChI is InChI=1S/C14H18ClN3O3/c1-2-5-17-13(19)11-9-21-8-7-18(11)14(20)10-4-3-6-16-12(10)15/h3-4,6,11H,2,5,7-9H2,1H3,(H,17,19). The van der Waals surface area contributed by atoms with Crippen LogP contribution in [0.5, 0.6) is 0 Å². The number of pyridine rings is 1. The molecular formula is C14H18ClN3O3. The van der Waals surface area contributed by atoms with Crippen LogP contribution in [-0.2, 0) is 9.53 Å². The molecule has 1 unspecified atom stereocenters. The molecule has 6 nitrogen and oxygen atoms in total. The molecule has 2 heterocycles. The third kappa shape index (κ3) is 3.71. The molecule has 0 saturated carbocycles. The molecule has 2 amide bonds. The van der Waals surface area contributed by atoms with E-state index in [-0.39, 0.29) is 23.6 Å². The van der Waals surface area contributed by atoms with Crippen LogP contribution < -0.4 is 5.32 Å². The molecule has 2 rings (SSSR count). The molecule has 1 aromatic heterocycles. The van der Waals surface area contributed by atoms with Crippen LogP contribution in [0, 0.1) is 0 Å². The smallest absolute Gasteiger partial charge is 0.257 e. The summed E-state index contributed by atoms with van der Waals surface area (Å²) in [7, 11) is 0. The molecule has 0 aromatic carbocycles. The van der Waals surface area contributed by atoms with Gasteiger partial charge in [-0.3, -0.25) is 9.59 Å². The van der Waals surface area contributed by atoms with Gasteiger partial charge in [-0.05, 0) is 18.6 Å². The van der Waals surface area contributed by atoms with Crippen LogP contribution in [0.1, 0.15) is 23.7 Å². The van der Waals surface area contributed by atoms with E-state index in [0.29, 0.717) is 25.3 Å². The summed E-state index contributed by atoms with van der Waals surface area (Å²) < 4.78 is 5.33. The maximum atomic E-state index is 12.6. The van der Waals surface area contributed by atoms with Gasteiger partial charge in [-0.15, -0.1) is 0 Å². The third-order valence-corrected chi connectivity index (χ3v) is 3.53. The highest BCUT2D eigenvalue weighted by atomic mass is 35.5. The van der Waals surface area contributed by atoms with Gasteiger partial charge in [0.05, 0.1) is 18.8 Å². The first-order valence-electron chi connectivity index (χ1n) is 6.92. The Hall–Kier alpha value is -1.66. The molecule has 114 valence electrons. The predicted molar refractivity (Wildman–Crippen MR) is 78.2 cm³/mol. The average molecular weight is 312 g/mol. The van der Waals surface area contributed by atoms with Gasteiger partial charge >= 0.3 is 0 Å². The lowest BCUT2D eigenvalue weighted by Gasteiger charge is -2.34. The van der Waals surface area contributed by atoms with Gasteiger partial charge in [0.1, 0.15) is 11.2 Å². The quantitative estimate of drug-likeness (QED) is 0.845. The van der Waals surface area contributed by atoms with E-state index in [0.717, 1.165) is 6.42 Å². The van der Waals surface area contributed by atoms with Crippen molar-refractivity contribution in [1.29, 1.82) is 0 Å². The van der Waals surface area contributed by atoms with Crippen molar-refractivity contribution in [2.24, 2.45) is 0 Å². The molecule has 0 aliphatic carbocycles. The van der Waals surface area contributed by atoms with E-state index >= 15 is 0 Å². The molecule has 1 N–H and O–H groups in total. The Morgan fingerprint density at radius 3 is 3.10 bits per heavy atom. The predicted octanol–water partition coefficient (Wildman–Crippen LogP) is 1.10. The summed E-state index contributed by atoms with van der Waals surface area (Å²) in [6, 6.07) is 2.62. The molecule has 0 spiro atoms. The van der Waals surface area contributed by atoms with Gasteiger partial charge in [-0.2, -0.15) is 0 Å². The zero-order valence-electron chi connectivity index (χ0n) is 11.8. The van der Waals surface area contributed by atoms with Crippen molar-refractivity contribution >= 4 is 23.4 Å². The fourth-order valence-corrected chi connectivity index (χ4v) is 2.33. The zero-order chi connectivity index (χ0) is 15.2. The Kier molecular flexibility index (Phi) is 5.52. The van der Waals surface area contributed by atoms with E-state index in [4.69, 9.17) is 16.3 Å². The Bertz CT molecular complexity index is 524. The van der Waals surface area contributed by atoms with Crippen LogP contribution in [0.3, 0.4) is 0 Å². The number of rotatable bonds is 4. The summed E-state index contributed by atoms with van der Waals surface area (Å²) in [5.41, 5.74) is 0.300. The van der Waals surface area contributed by atoms with Gasteiger partial charge < -0.3 is 15.0 Å². The van der Waals surface area contributed by atoms with Crippen molar-refractivity contribution in [3.63, 3.8) is 0 Å². The number of hydrogen-bond donors (Lipinski definition) is 1. The minimum atomic E-state index is -0.630. The topological polar surface area (TPSA) is 71.5 Å². The first kappa shape index (κ1) is 15.7. The summed E-state index contributed by atoms with van der Waals surface area (Å²) in [6.45, 7) is 3.50. The summed E-state index contributed by atoms with van der Waals surface area (Å²) >= 11 is 5.96. The highest BCUT2D eigenvalue weighted by Gasteiger charge is 2.33. The van der Waals surface area contributed by atoms with Crippen LogP contribution in [0.25, 0.3) is 0 Å². The van der Waals surface area contributed by atoms with Crippen LogP contribution >= 0.6 is 11.6 Å². The van der Waals surface area contributed by atoms with Gasteiger partial charge in [0.2, 0.25) is 5.91 Å². The van der Waals surface area contributed by atoms with Crippen molar-refractivity contribution in [1.82, 2.24) is 15.2 Å². The minimum Gasteiger partial charge on any atom is -0.377 e. The number of nitrogens with one attached hydrogen (secondary N) is 1. The van der Waals surface area contributed by atoms with E-state index in [1.54, 1.807) is 12.1 Å². The second kappa shape index (κ2) is 7.38. The number of hydrogen-bond acceptors (Lipinski definition) is 4. The second-order valence-electron chi connectivity index (χ2n) is 4.72. The number of aromatic nitrogens is 1. The number of halogens is 1. The van der Waals surface area contributed by atoms with E-state index in [1.807, 2.05) is 6.92 Å². The molecule has 1 aliphatic rings. The van der Waals surface area contributed by atoms with E-state index in [1.165, 1.54) is 11.1 Å². The number of carbonyl (C=O) groups excluding carboxylic acids is 2.